The van der Waals surface area contributed by atoms with Crippen LogP contribution in [0.15, 0.2) is 97.1 Å². The first-order valence-corrected chi connectivity index (χ1v) is 11.7. The molecule has 0 fully saturated rings. The Bertz CT molecular complexity index is 1390. The Morgan fingerprint density at radius 3 is 1.88 bits per heavy atom. The van der Waals surface area contributed by atoms with Crippen LogP contribution in [-0.4, -0.2) is 11.1 Å². The van der Waals surface area contributed by atoms with Crippen LogP contribution in [0.2, 0.25) is 0 Å². The largest absolute Gasteiger partial charge is 0.508 e. The predicted octanol–water partition coefficient (Wildman–Crippen LogP) is 7.53. The van der Waals surface area contributed by atoms with Crippen LogP contribution in [0.3, 0.4) is 0 Å². The highest BCUT2D eigenvalue weighted by Crippen LogP contribution is 2.48. The first-order chi connectivity index (χ1) is 15.5. The van der Waals surface area contributed by atoms with Gasteiger partial charge in [-0.3, -0.25) is 0 Å². The predicted molar refractivity (Wildman–Crippen MR) is 132 cm³/mol. The number of rotatable bonds is 4. The molecule has 5 aromatic rings. The molecule has 158 valence electrons. The van der Waals surface area contributed by atoms with Crippen molar-refractivity contribution in [3.8, 4) is 10.6 Å². The van der Waals surface area contributed by atoms with Crippen molar-refractivity contribution >= 4 is 36.6 Å². The number of aromatic hydroxyl groups is 1. The fraction of sp³-hybridized carbons (Fsp3) is 0.107. The molecule has 32 heavy (non-hydrogen) atoms. The topological polar surface area (TPSA) is 46.5 Å². The van der Waals surface area contributed by atoms with Gasteiger partial charge in [0.25, 0.3) is 0 Å². The van der Waals surface area contributed by atoms with Gasteiger partial charge >= 0.3 is 5.97 Å². The zero-order valence-electron chi connectivity index (χ0n) is 17.9. The number of hydrogen-bond acceptors (Lipinski definition) is 3. The monoisotopic (exact) mass is 439 g/mol. The lowest BCUT2D eigenvalue weighted by Gasteiger charge is -2.26. The molecule has 1 heterocycles. The van der Waals surface area contributed by atoms with Crippen molar-refractivity contribution in [2.75, 3.05) is 0 Å². The van der Waals surface area contributed by atoms with Crippen molar-refractivity contribution in [2.45, 2.75) is 19.4 Å². The summed E-state index contributed by atoms with van der Waals surface area (Å²) in [7, 11) is -0.199. The minimum atomic E-state index is -0.952. The summed E-state index contributed by atoms with van der Waals surface area (Å²) in [6.07, 6.45) is 0. The Kier molecular flexibility index (Phi) is 4.95. The molecule has 0 radical (unpaired) electrons. The van der Waals surface area contributed by atoms with E-state index in [9.17, 15) is 9.90 Å². The molecule has 0 aliphatic rings. The fourth-order valence-corrected chi connectivity index (χ4v) is 6.54. The van der Waals surface area contributed by atoms with Gasteiger partial charge in [-0.05, 0) is 68.4 Å². The zero-order valence-corrected chi connectivity index (χ0v) is 18.7. The molecule has 0 amide bonds. The molecule has 1 aromatic heterocycles. The molecule has 0 saturated carbocycles. The normalized spacial score (nSPS) is 11.7. The summed E-state index contributed by atoms with van der Waals surface area (Å²) in [6, 6.07) is 31.7. The van der Waals surface area contributed by atoms with Crippen LogP contribution >= 0.6 is 10.5 Å². The number of benzene rings is 4. The number of thiophene rings is 1. The fourth-order valence-electron chi connectivity index (χ4n) is 4.16. The Hall–Kier alpha value is -3.63. The number of fused-ring (bicyclic) bond motifs is 3. The molecule has 0 unspecified atom stereocenters. The Morgan fingerprint density at radius 2 is 1.28 bits per heavy atom. The third-order valence-corrected chi connectivity index (χ3v) is 8.07. The molecule has 0 bridgehead atoms. The molecular formula is C28H23O3S+. The van der Waals surface area contributed by atoms with Gasteiger partial charge < -0.3 is 9.84 Å². The maximum atomic E-state index is 12.9. The second-order valence-corrected chi connectivity index (χ2v) is 10.2. The lowest BCUT2D eigenvalue weighted by atomic mass is 9.97. The van der Waals surface area contributed by atoms with Gasteiger partial charge in [0.2, 0.25) is 0 Å². The number of carbonyl (C=O) groups excluding carboxylic acids is 1. The lowest BCUT2D eigenvalue weighted by Crippen LogP contribution is -2.25. The second-order valence-electron chi connectivity index (χ2n) is 8.24. The summed E-state index contributed by atoms with van der Waals surface area (Å²) in [5, 5.41) is 12.7. The summed E-state index contributed by atoms with van der Waals surface area (Å²) >= 11 is 0. The number of carbonyl (C=O) groups is 1. The van der Waals surface area contributed by atoms with Crippen LogP contribution < -0.4 is 0 Å². The molecule has 4 aromatic carbocycles. The quantitative estimate of drug-likeness (QED) is 0.232. The van der Waals surface area contributed by atoms with Crippen molar-refractivity contribution in [1.82, 2.24) is 0 Å². The minimum absolute atomic E-state index is 0.111. The first-order valence-electron chi connectivity index (χ1n) is 10.5. The summed E-state index contributed by atoms with van der Waals surface area (Å²) < 4.78 is 8.39. The van der Waals surface area contributed by atoms with E-state index in [2.05, 4.69) is 48.5 Å². The van der Waals surface area contributed by atoms with Gasteiger partial charge in [-0.1, -0.05) is 42.5 Å². The third kappa shape index (κ3) is 3.43. The van der Waals surface area contributed by atoms with Crippen molar-refractivity contribution in [3.63, 3.8) is 0 Å². The van der Waals surface area contributed by atoms with E-state index in [1.807, 2.05) is 30.3 Å². The van der Waals surface area contributed by atoms with Crippen LogP contribution in [0, 0.1) is 0 Å². The van der Waals surface area contributed by atoms with Gasteiger partial charge in [-0.25, -0.2) is 4.79 Å². The van der Waals surface area contributed by atoms with E-state index >= 15 is 0 Å². The summed E-state index contributed by atoms with van der Waals surface area (Å²) in [5.41, 5.74) is 0.110. The summed E-state index contributed by atoms with van der Waals surface area (Å²) in [5.74, 6) is -0.305. The zero-order chi connectivity index (χ0) is 22.3. The van der Waals surface area contributed by atoms with E-state index in [1.54, 1.807) is 32.0 Å². The van der Waals surface area contributed by atoms with Crippen molar-refractivity contribution in [3.05, 3.63) is 108 Å². The third-order valence-electron chi connectivity index (χ3n) is 5.73. The van der Waals surface area contributed by atoms with E-state index in [4.69, 9.17) is 4.74 Å². The van der Waals surface area contributed by atoms with E-state index in [0.29, 0.717) is 11.1 Å². The molecule has 5 rings (SSSR count). The number of para-hydroxylation sites is 1. The molecule has 0 atom stereocenters. The molecular weight excluding hydrogens is 416 g/mol. The standard InChI is InChI=1S/C28H22O3S/c1-28(2,23-11-5-6-12-24(23)29)31-27(30)19-15-17-20(18-16-19)32-25-13-7-3-9-21(25)22-10-4-8-14-26(22)32/h3-18H,1-2H3/p+1. The van der Waals surface area contributed by atoms with Gasteiger partial charge in [0.05, 0.1) is 5.56 Å². The average Bonchev–Trinajstić information content (AvgIpc) is 3.13. The number of hydrogen-bond donors (Lipinski definition) is 1. The molecule has 1 N–H and O–H groups in total. The van der Waals surface area contributed by atoms with Gasteiger partial charge in [-0.2, -0.15) is 0 Å². The number of esters is 1. The maximum Gasteiger partial charge on any atom is 0.339 e. The van der Waals surface area contributed by atoms with Crippen LogP contribution in [-0.2, 0) is 10.3 Å². The van der Waals surface area contributed by atoms with E-state index in [-0.39, 0.29) is 16.2 Å². The van der Waals surface area contributed by atoms with Crippen LogP contribution in [0.4, 0.5) is 0 Å². The van der Waals surface area contributed by atoms with Crippen LogP contribution in [0.25, 0.3) is 25.1 Å². The summed E-state index contributed by atoms with van der Waals surface area (Å²) in [4.78, 5) is 14.0. The molecule has 0 spiro atoms. The molecule has 3 nitrogen and oxygen atoms in total. The highest BCUT2D eigenvalue weighted by Gasteiger charge is 2.29. The lowest BCUT2D eigenvalue weighted by molar-refractivity contribution is -0.00393. The Labute approximate surface area is 189 Å². The maximum absolute atomic E-state index is 12.9. The SMILES string of the molecule is CC(C)(OC(=O)c1ccc(-[s+]2c3ccccc3c3ccccc32)cc1)c1ccccc1O. The number of phenols is 1. The number of phenolic OH excluding ortho intramolecular Hbond substituents is 1. The first kappa shape index (κ1) is 20.3. The molecule has 0 aliphatic heterocycles. The van der Waals surface area contributed by atoms with Gasteiger partial charge in [0.1, 0.15) is 11.4 Å². The van der Waals surface area contributed by atoms with E-state index in [0.717, 1.165) is 0 Å². The van der Waals surface area contributed by atoms with Crippen molar-refractivity contribution in [1.29, 1.82) is 0 Å². The molecule has 0 saturated heterocycles. The van der Waals surface area contributed by atoms with Gasteiger partial charge in [0.15, 0.2) is 14.3 Å². The second kappa shape index (κ2) is 7.81. The Balaban J connectivity index is 1.49. The highest BCUT2D eigenvalue weighted by molar-refractivity contribution is 7.50. The Morgan fingerprint density at radius 1 is 0.750 bits per heavy atom. The van der Waals surface area contributed by atoms with Crippen LogP contribution in [0.5, 0.6) is 5.75 Å². The molecule has 4 heteroatoms. The van der Waals surface area contributed by atoms with Crippen molar-refractivity contribution < 1.29 is 14.6 Å². The van der Waals surface area contributed by atoms with Gasteiger partial charge in [-0.15, -0.1) is 0 Å². The summed E-state index contributed by atoms with van der Waals surface area (Å²) in [6.45, 7) is 3.56. The van der Waals surface area contributed by atoms with E-state index in [1.165, 1.54) is 25.1 Å². The minimum Gasteiger partial charge on any atom is -0.508 e. The van der Waals surface area contributed by atoms with E-state index < -0.39 is 11.6 Å². The average molecular weight is 440 g/mol. The smallest absolute Gasteiger partial charge is 0.339 e. The number of ether oxygens (including phenoxy) is 1. The highest BCUT2D eigenvalue weighted by atomic mass is 32.2. The molecule has 0 aliphatic carbocycles. The van der Waals surface area contributed by atoms with Gasteiger partial charge in [0, 0.05) is 26.8 Å². The van der Waals surface area contributed by atoms with Crippen molar-refractivity contribution in [2.24, 2.45) is 0 Å². The van der Waals surface area contributed by atoms with Crippen LogP contribution in [0.1, 0.15) is 29.8 Å².